The van der Waals surface area contributed by atoms with E-state index in [1.165, 1.54) is 6.07 Å². The number of benzene rings is 1. The molecule has 0 aliphatic carbocycles. The van der Waals surface area contributed by atoms with Crippen molar-refractivity contribution in [1.29, 1.82) is 5.26 Å². The fourth-order valence-electron chi connectivity index (χ4n) is 1.22. The van der Waals surface area contributed by atoms with Crippen molar-refractivity contribution < 1.29 is 9.18 Å². The van der Waals surface area contributed by atoms with Gasteiger partial charge in [0, 0.05) is 5.92 Å². The maximum atomic E-state index is 13.4. The standard InChI is InChI=1S/C11H10FNO/c1-8(7-14)5-9-3-2-4-10(6-13)11(9)12/h2-4,7-8H,5H2,1H3. The molecule has 0 fully saturated rings. The number of hydrogen-bond acceptors (Lipinski definition) is 2. The van der Waals surface area contributed by atoms with Gasteiger partial charge in [0.2, 0.25) is 0 Å². The van der Waals surface area contributed by atoms with Crippen LogP contribution < -0.4 is 0 Å². The molecule has 1 aromatic rings. The molecule has 0 saturated heterocycles. The Kier molecular flexibility index (Phi) is 3.35. The van der Waals surface area contributed by atoms with Gasteiger partial charge in [0.25, 0.3) is 0 Å². The van der Waals surface area contributed by atoms with Gasteiger partial charge in [-0.1, -0.05) is 19.1 Å². The minimum Gasteiger partial charge on any atom is -0.303 e. The molecule has 0 amide bonds. The summed E-state index contributed by atoms with van der Waals surface area (Å²) in [5, 5.41) is 8.57. The van der Waals surface area contributed by atoms with Crippen LogP contribution in [0.15, 0.2) is 18.2 Å². The van der Waals surface area contributed by atoms with E-state index >= 15 is 0 Å². The Hall–Kier alpha value is -1.69. The number of nitriles is 1. The highest BCUT2D eigenvalue weighted by Gasteiger charge is 2.10. The molecule has 0 spiro atoms. The molecule has 1 aromatic carbocycles. The lowest BCUT2D eigenvalue weighted by Crippen LogP contribution is -2.03. The van der Waals surface area contributed by atoms with Crippen LogP contribution >= 0.6 is 0 Å². The quantitative estimate of drug-likeness (QED) is 0.686. The summed E-state index contributed by atoms with van der Waals surface area (Å²) in [4.78, 5) is 10.4. The number of carbonyl (C=O) groups is 1. The molecule has 0 N–H and O–H groups in total. The predicted octanol–water partition coefficient (Wildman–Crippen LogP) is 2.07. The van der Waals surface area contributed by atoms with Crippen LogP contribution in [0.25, 0.3) is 0 Å². The summed E-state index contributed by atoms with van der Waals surface area (Å²) >= 11 is 0. The van der Waals surface area contributed by atoms with Crippen molar-refractivity contribution in [1.82, 2.24) is 0 Å². The summed E-state index contributed by atoms with van der Waals surface area (Å²) in [7, 11) is 0. The SMILES string of the molecule is CC(C=O)Cc1cccc(C#N)c1F. The van der Waals surface area contributed by atoms with Crippen LogP contribution in [-0.4, -0.2) is 6.29 Å². The van der Waals surface area contributed by atoms with E-state index in [4.69, 9.17) is 5.26 Å². The molecular weight excluding hydrogens is 181 g/mol. The second-order valence-electron chi connectivity index (χ2n) is 3.21. The van der Waals surface area contributed by atoms with Gasteiger partial charge in [-0.25, -0.2) is 4.39 Å². The largest absolute Gasteiger partial charge is 0.303 e. The average molecular weight is 191 g/mol. The zero-order valence-corrected chi connectivity index (χ0v) is 7.83. The summed E-state index contributed by atoms with van der Waals surface area (Å²) in [5.41, 5.74) is 0.448. The number of nitrogens with zero attached hydrogens (tertiary/aromatic N) is 1. The zero-order chi connectivity index (χ0) is 10.6. The van der Waals surface area contributed by atoms with Crippen LogP contribution in [0.3, 0.4) is 0 Å². The van der Waals surface area contributed by atoms with E-state index in [1.54, 1.807) is 25.1 Å². The smallest absolute Gasteiger partial charge is 0.144 e. The summed E-state index contributed by atoms with van der Waals surface area (Å²) in [6, 6.07) is 6.40. The third-order valence-electron chi connectivity index (χ3n) is 1.97. The fourth-order valence-corrected chi connectivity index (χ4v) is 1.22. The first-order valence-corrected chi connectivity index (χ1v) is 4.31. The summed E-state index contributed by atoms with van der Waals surface area (Å²) in [6.45, 7) is 1.71. The van der Waals surface area contributed by atoms with Crippen molar-refractivity contribution in [3.8, 4) is 6.07 Å². The summed E-state index contributed by atoms with van der Waals surface area (Å²) in [5.74, 6) is -0.734. The van der Waals surface area contributed by atoms with Crippen molar-refractivity contribution in [2.75, 3.05) is 0 Å². The van der Waals surface area contributed by atoms with Crippen LogP contribution in [0, 0.1) is 23.1 Å². The van der Waals surface area contributed by atoms with Gasteiger partial charge in [-0.05, 0) is 18.1 Å². The van der Waals surface area contributed by atoms with Crippen LogP contribution in [-0.2, 0) is 11.2 Å². The first-order chi connectivity index (χ1) is 6.69. The lowest BCUT2D eigenvalue weighted by Gasteiger charge is -2.05. The van der Waals surface area contributed by atoms with Gasteiger partial charge in [0.05, 0.1) is 5.56 Å². The van der Waals surface area contributed by atoms with E-state index in [9.17, 15) is 9.18 Å². The van der Waals surface area contributed by atoms with E-state index in [2.05, 4.69) is 0 Å². The average Bonchev–Trinajstić information content (AvgIpc) is 2.21. The molecular formula is C11H10FNO. The topological polar surface area (TPSA) is 40.9 Å². The highest BCUT2D eigenvalue weighted by Crippen LogP contribution is 2.15. The number of rotatable bonds is 3. The molecule has 0 bridgehead atoms. The maximum Gasteiger partial charge on any atom is 0.144 e. The molecule has 3 heteroatoms. The molecule has 1 rings (SSSR count). The maximum absolute atomic E-state index is 13.4. The van der Waals surface area contributed by atoms with E-state index < -0.39 is 5.82 Å². The lowest BCUT2D eigenvalue weighted by molar-refractivity contribution is -0.110. The van der Waals surface area contributed by atoms with Crippen LogP contribution in [0.2, 0.25) is 0 Å². The first kappa shape index (κ1) is 10.4. The van der Waals surface area contributed by atoms with Crippen molar-refractivity contribution >= 4 is 6.29 Å². The highest BCUT2D eigenvalue weighted by atomic mass is 19.1. The lowest BCUT2D eigenvalue weighted by atomic mass is 10.0. The van der Waals surface area contributed by atoms with Gasteiger partial charge >= 0.3 is 0 Å². The van der Waals surface area contributed by atoms with Gasteiger partial charge in [0.1, 0.15) is 18.2 Å². The molecule has 0 saturated carbocycles. The fraction of sp³-hybridized carbons (Fsp3) is 0.273. The molecule has 14 heavy (non-hydrogen) atoms. The van der Waals surface area contributed by atoms with Gasteiger partial charge in [-0.3, -0.25) is 0 Å². The van der Waals surface area contributed by atoms with E-state index in [0.29, 0.717) is 12.0 Å². The van der Waals surface area contributed by atoms with E-state index in [0.717, 1.165) is 6.29 Å². The van der Waals surface area contributed by atoms with Crippen molar-refractivity contribution in [3.05, 3.63) is 35.1 Å². The summed E-state index contributed by atoms with van der Waals surface area (Å²) in [6.07, 6.45) is 1.11. The van der Waals surface area contributed by atoms with Gasteiger partial charge in [-0.15, -0.1) is 0 Å². The monoisotopic (exact) mass is 191 g/mol. The molecule has 0 aromatic heterocycles. The van der Waals surface area contributed by atoms with Gasteiger partial charge in [-0.2, -0.15) is 5.26 Å². The Balaban J connectivity index is 2.99. The Bertz CT molecular complexity index is 381. The number of carbonyl (C=O) groups excluding carboxylic acids is 1. The second kappa shape index (κ2) is 4.52. The Labute approximate surface area is 82.0 Å². The molecule has 1 unspecified atom stereocenters. The third-order valence-corrected chi connectivity index (χ3v) is 1.97. The molecule has 0 heterocycles. The third kappa shape index (κ3) is 2.17. The highest BCUT2D eigenvalue weighted by molar-refractivity contribution is 5.53. The van der Waals surface area contributed by atoms with Crippen LogP contribution in [0.1, 0.15) is 18.1 Å². The molecule has 72 valence electrons. The molecule has 1 atom stereocenters. The Morgan fingerprint density at radius 3 is 2.93 bits per heavy atom. The van der Waals surface area contributed by atoms with E-state index in [-0.39, 0.29) is 11.5 Å². The molecule has 0 aliphatic rings. The number of aldehydes is 1. The minimum atomic E-state index is -0.510. The first-order valence-electron chi connectivity index (χ1n) is 4.31. The van der Waals surface area contributed by atoms with Crippen molar-refractivity contribution in [2.24, 2.45) is 5.92 Å². The molecule has 0 radical (unpaired) electrons. The van der Waals surface area contributed by atoms with Gasteiger partial charge < -0.3 is 4.79 Å². The number of halogens is 1. The van der Waals surface area contributed by atoms with Crippen molar-refractivity contribution in [3.63, 3.8) is 0 Å². The second-order valence-corrected chi connectivity index (χ2v) is 3.21. The Morgan fingerprint density at radius 1 is 1.64 bits per heavy atom. The van der Waals surface area contributed by atoms with Crippen molar-refractivity contribution in [2.45, 2.75) is 13.3 Å². The van der Waals surface area contributed by atoms with Gasteiger partial charge in [0.15, 0.2) is 0 Å². The summed E-state index contributed by atoms with van der Waals surface area (Å²) < 4.78 is 13.4. The molecule has 0 aliphatic heterocycles. The van der Waals surface area contributed by atoms with Crippen LogP contribution in [0.4, 0.5) is 4.39 Å². The van der Waals surface area contributed by atoms with Crippen LogP contribution in [0.5, 0.6) is 0 Å². The van der Waals surface area contributed by atoms with E-state index in [1.807, 2.05) is 0 Å². The molecule has 2 nitrogen and oxygen atoms in total. The number of hydrogen-bond donors (Lipinski definition) is 0. The Morgan fingerprint density at radius 2 is 2.36 bits per heavy atom. The predicted molar refractivity (Wildman–Crippen MR) is 50.0 cm³/mol. The minimum absolute atomic E-state index is 0.0283. The normalized spacial score (nSPS) is 11.8. The zero-order valence-electron chi connectivity index (χ0n) is 7.83.